The van der Waals surface area contributed by atoms with E-state index in [-0.39, 0.29) is 0 Å². The van der Waals surface area contributed by atoms with Crippen molar-refractivity contribution in [2.24, 2.45) is 0 Å². The first-order chi connectivity index (χ1) is 58.4. The van der Waals surface area contributed by atoms with Gasteiger partial charge in [-0.25, -0.2) is 0 Å². The SMILES string of the molecule is N#Cc1ccc(-c2c3c(c(-c4ccccc4)c4ccccc24)-c2ccc(-c4ccc5c(c4)c(-c4ccccc4)cc4c6cc7c(c(-c8ccccc8)c6ccc54)-c4cccc5c(-c6ccc8c(-c9ccc(C#N)cc9)cc9c%10cc%11c(c(-c%12ccc(C#N)cc%12)c%10ccc9c8c6)-c6cccc8cccc-%11c68)ccc-7c45)c4cccc-3c24)cc1. The fourth-order valence-corrected chi connectivity index (χ4v) is 21.1. The smallest absolute Gasteiger partial charge is 0.0991 e. The van der Waals surface area contributed by atoms with Gasteiger partial charge in [0, 0.05) is 0 Å². The highest BCUT2D eigenvalue weighted by molar-refractivity contribution is 6.34. The van der Waals surface area contributed by atoms with Crippen molar-refractivity contribution in [2.75, 3.05) is 0 Å². The summed E-state index contributed by atoms with van der Waals surface area (Å²) in [7, 11) is 0. The summed E-state index contributed by atoms with van der Waals surface area (Å²) in [5.41, 5.74) is 35.0. The summed E-state index contributed by atoms with van der Waals surface area (Å²) < 4.78 is 0. The first-order valence-corrected chi connectivity index (χ1v) is 40.3. The molecule has 536 valence electrons. The average molecular weight is 1480 g/mol. The molecule has 0 N–H and O–H groups in total. The van der Waals surface area contributed by atoms with Crippen LogP contribution in [0.2, 0.25) is 0 Å². The third-order valence-corrected chi connectivity index (χ3v) is 26.1. The molecule has 0 radical (unpaired) electrons. The highest BCUT2D eigenvalue weighted by Gasteiger charge is 2.34. The van der Waals surface area contributed by atoms with Crippen molar-refractivity contribution in [3.8, 4) is 174 Å². The lowest BCUT2D eigenvalue weighted by molar-refractivity contribution is 1.48. The Morgan fingerprint density at radius 1 is 0.136 bits per heavy atom. The van der Waals surface area contributed by atoms with Gasteiger partial charge in [-0.2, -0.15) is 15.8 Å². The second kappa shape index (κ2) is 25.0. The third kappa shape index (κ3) is 9.26. The zero-order valence-electron chi connectivity index (χ0n) is 63.6. The Labute approximate surface area is 679 Å². The number of fused-ring (bicyclic) bond motifs is 20. The fraction of sp³-hybridized carbons (Fsp3) is 0. The van der Waals surface area contributed by atoms with Crippen LogP contribution in [0.5, 0.6) is 0 Å². The zero-order chi connectivity index (χ0) is 77.7. The molecule has 0 heterocycles. The first kappa shape index (κ1) is 65.5. The summed E-state index contributed by atoms with van der Waals surface area (Å²) in [5, 5.41) is 54.0. The van der Waals surface area contributed by atoms with E-state index >= 15 is 0 Å². The summed E-state index contributed by atoms with van der Waals surface area (Å²) in [4.78, 5) is 0. The minimum Gasteiger partial charge on any atom is -0.192 e. The van der Waals surface area contributed by atoms with Crippen molar-refractivity contribution < 1.29 is 0 Å². The maximum Gasteiger partial charge on any atom is 0.0991 e. The molecule has 3 heteroatoms. The molecule has 0 aromatic heterocycles. The highest BCUT2D eigenvalue weighted by Crippen LogP contribution is 2.62. The Morgan fingerprint density at radius 3 is 0.958 bits per heavy atom. The van der Waals surface area contributed by atoms with Crippen LogP contribution in [-0.2, 0) is 0 Å². The summed E-state index contributed by atoms with van der Waals surface area (Å²) in [5.74, 6) is 0. The van der Waals surface area contributed by atoms with Crippen LogP contribution in [0, 0.1) is 34.0 Å². The van der Waals surface area contributed by atoms with Gasteiger partial charge in [-0.3, -0.25) is 0 Å². The van der Waals surface area contributed by atoms with Gasteiger partial charge in [-0.1, -0.05) is 297 Å². The predicted molar refractivity (Wildman–Crippen MR) is 492 cm³/mol. The number of benzene rings is 22. The molecule has 3 aliphatic carbocycles. The molecule has 3 aliphatic rings. The molecule has 0 saturated heterocycles. The monoisotopic (exact) mass is 1480 g/mol. The van der Waals surface area contributed by atoms with Crippen LogP contribution in [0.1, 0.15) is 16.7 Å². The predicted octanol–water partition coefficient (Wildman–Crippen LogP) is 31.1. The van der Waals surface area contributed by atoms with Crippen molar-refractivity contribution >= 4 is 108 Å². The van der Waals surface area contributed by atoms with E-state index in [0.717, 1.165) is 82.4 Å². The lowest BCUT2D eigenvalue weighted by Gasteiger charge is -2.20. The van der Waals surface area contributed by atoms with Gasteiger partial charge in [0.15, 0.2) is 0 Å². The molecule has 0 bridgehead atoms. The molecule has 0 unspecified atom stereocenters. The Kier molecular flexibility index (Phi) is 13.8. The van der Waals surface area contributed by atoms with Crippen molar-refractivity contribution in [3.05, 3.63) is 387 Å². The second-order valence-electron chi connectivity index (χ2n) is 31.9. The van der Waals surface area contributed by atoms with Crippen LogP contribution in [0.4, 0.5) is 0 Å². The van der Waals surface area contributed by atoms with Crippen molar-refractivity contribution in [1.82, 2.24) is 0 Å². The van der Waals surface area contributed by atoms with Gasteiger partial charge in [-0.15, -0.1) is 0 Å². The summed E-state index contributed by atoms with van der Waals surface area (Å²) >= 11 is 0. The topological polar surface area (TPSA) is 71.4 Å². The van der Waals surface area contributed by atoms with Crippen LogP contribution in [0.25, 0.3) is 264 Å². The quantitative estimate of drug-likeness (QED) is 0.142. The lowest BCUT2D eigenvalue weighted by Crippen LogP contribution is -1.93. The Morgan fingerprint density at radius 2 is 0.432 bits per heavy atom. The minimum atomic E-state index is 0.619. The number of nitriles is 3. The van der Waals surface area contributed by atoms with Gasteiger partial charge < -0.3 is 0 Å². The molecule has 0 spiro atoms. The second-order valence-corrected chi connectivity index (χ2v) is 31.9. The van der Waals surface area contributed by atoms with Crippen molar-refractivity contribution in [1.29, 1.82) is 15.8 Å². The van der Waals surface area contributed by atoms with E-state index in [4.69, 9.17) is 0 Å². The van der Waals surface area contributed by atoms with E-state index < -0.39 is 0 Å². The molecule has 118 heavy (non-hydrogen) atoms. The number of nitrogens with zero attached hydrogens (tertiary/aromatic N) is 3. The maximum absolute atomic E-state index is 10.1. The van der Waals surface area contributed by atoms with Gasteiger partial charge in [0.1, 0.15) is 0 Å². The Hall–Kier alpha value is -16.1. The van der Waals surface area contributed by atoms with E-state index in [2.05, 4.69) is 352 Å². The highest BCUT2D eigenvalue weighted by atomic mass is 14.4. The van der Waals surface area contributed by atoms with Gasteiger partial charge in [-0.05, 0) is 336 Å². The van der Waals surface area contributed by atoms with Gasteiger partial charge in [0.25, 0.3) is 0 Å². The molecule has 0 saturated carbocycles. The average Bonchev–Trinajstić information content (AvgIpc) is 1.60. The van der Waals surface area contributed by atoms with Crippen molar-refractivity contribution in [2.45, 2.75) is 0 Å². The van der Waals surface area contributed by atoms with Gasteiger partial charge in [0.05, 0.1) is 34.9 Å². The number of hydrogen-bond donors (Lipinski definition) is 0. The Balaban J connectivity index is 0.674. The summed E-state index contributed by atoms with van der Waals surface area (Å²) in [6.07, 6.45) is 0. The number of hydrogen-bond acceptors (Lipinski definition) is 3. The van der Waals surface area contributed by atoms with Crippen LogP contribution in [0.3, 0.4) is 0 Å². The Bertz CT molecular complexity index is 8440. The van der Waals surface area contributed by atoms with Crippen LogP contribution < -0.4 is 0 Å². The van der Waals surface area contributed by atoms with E-state index in [9.17, 15) is 15.8 Å². The van der Waals surface area contributed by atoms with Crippen LogP contribution >= 0.6 is 0 Å². The van der Waals surface area contributed by atoms with Crippen LogP contribution in [0.15, 0.2) is 370 Å². The summed E-state index contributed by atoms with van der Waals surface area (Å²) in [6, 6.07) is 144. The molecule has 22 aromatic carbocycles. The third-order valence-electron chi connectivity index (χ3n) is 26.1. The fourth-order valence-electron chi connectivity index (χ4n) is 21.1. The number of rotatable bonds is 8. The molecule has 3 nitrogen and oxygen atoms in total. The molecule has 0 amide bonds. The van der Waals surface area contributed by atoms with E-state index in [1.165, 1.54) is 181 Å². The van der Waals surface area contributed by atoms with Crippen molar-refractivity contribution in [3.63, 3.8) is 0 Å². The molecule has 25 rings (SSSR count). The lowest BCUT2D eigenvalue weighted by atomic mass is 9.82. The molecule has 0 atom stereocenters. The zero-order valence-corrected chi connectivity index (χ0v) is 63.6. The van der Waals surface area contributed by atoms with E-state index in [0.29, 0.717) is 16.7 Å². The largest absolute Gasteiger partial charge is 0.192 e. The molecule has 0 aliphatic heterocycles. The van der Waals surface area contributed by atoms with Gasteiger partial charge >= 0.3 is 0 Å². The van der Waals surface area contributed by atoms with Crippen LogP contribution in [-0.4, -0.2) is 0 Å². The van der Waals surface area contributed by atoms with E-state index in [1.807, 2.05) is 36.4 Å². The maximum atomic E-state index is 10.1. The normalized spacial score (nSPS) is 12.0. The standard InChI is InChI=1S/C115H61N3/c116-62-65-32-38-69(39-33-65)95-58-100-82(51-54-89-102(100)60-103-87-26-12-22-70-23-13-29-91(105(70)87)112(103)107(89)73-40-34-66(63-117)35-41-73)97-56-75(45-47-81(95)97)77-48-52-90-104-61-101-88(106(71-18-6-2-7-19-71)113(104)92-30-14-27-83(77)110(90)92)53-50-80-79-46-44-76(57-98(79)96(59-99(80)101)68-16-4-1-5-17-68)78-49-55-94-111-84(78)28-15-31-93(111)114-109(74-42-36-67(64-118)37-43-74)86-25-11-10-24-85(86)108(115(94)114)72-20-8-3-9-21-72/h1-61H. The minimum absolute atomic E-state index is 0.619. The molecular formula is C115H61N3. The van der Waals surface area contributed by atoms with E-state index in [1.54, 1.807) is 0 Å². The van der Waals surface area contributed by atoms with Gasteiger partial charge in [0.2, 0.25) is 0 Å². The first-order valence-electron chi connectivity index (χ1n) is 40.3. The molecule has 22 aromatic rings. The molecule has 0 fully saturated rings. The summed E-state index contributed by atoms with van der Waals surface area (Å²) in [6.45, 7) is 0. The molecular weight excluding hydrogens is 1420 g/mol.